The van der Waals surface area contributed by atoms with Crippen molar-refractivity contribution in [2.45, 2.75) is 25.6 Å². The van der Waals surface area contributed by atoms with Crippen LogP contribution in [0.5, 0.6) is 0 Å². The fourth-order valence-electron chi connectivity index (χ4n) is 3.77. The Balaban J connectivity index is 1.32. The smallest absolute Gasteiger partial charge is 0.255 e. The number of amides is 1. The average Bonchev–Trinajstić information content (AvgIpc) is 3.05. The molecule has 4 rings (SSSR count). The molecule has 6 heteroatoms. The Kier molecular flexibility index (Phi) is 4.70. The Labute approximate surface area is 153 Å². The Bertz CT molecular complexity index is 775. The second-order valence-corrected chi connectivity index (χ2v) is 7.18. The van der Waals surface area contributed by atoms with Gasteiger partial charge in [-0.25, -0.2) is 0 Å². The molecule has 2 aromatic rings. The van der Waals surface area contributed by atoms with E-state index in [4.69, 9.17) is 9.47 Å². The molecule has 0 N–H and O–H groups in total. The largest absolute Gasteiger partial charge is 0.376 e. The molecule has 2 aliphatic rings. The van der Waals surface area contributed by atoms with Crippen molar-refractivity contribution in [1.29, 1.82) is 0 Å². The predicted octanol–water partition coefficient (Wildman–Crippen LogP) is 2.23. The zero-order valence-electron chi connectivity index (χ0n) is 14.9. The van der Waals surface area contributed by atoms with Gasteiger partial charge in [0.25, 0.3) is 5.91 Å². The molecule has 0 radical (unpaired) electrons. The molecule has 0 bridgehead atoms. The van der Waals surface area contributed by atoms with E-state index < -0.39 is 0 Å². The number of hydrogen-bond acceptors (Lipinski definition) is 5. The van der Waals surface area contributed by atoms with Gasteiger partial charge in [0.1, 0.15) is 5.60 Å². The number of rotatable bonds is 5. The summed E-state index contributed by atoms with van der Waals surface area (Å²) in [6.45, 7) is 5.16. The van der Waals surface area contributed by atoms with Crippen LogP contribution in [0, 0.1) is 12.8 Å². The Morgan fingerprint density at radius 1 is 1.31 bits per heavy atom. The first kappa shape index (κ1) is 17.1. The van der Waals surface area contributed by atoms with Crippen LogP contribution >= 0.6 is 0 Å². The van der Waals surface area contributed by atoms with Gasteiger partial charge in [-0.2, -0.15) is 0 Å². The van der Waals surface area contributed by atoms with Crippen LogP contribution in [0.15, 0.2) is 43.0 Å². The molecule has 4 heterocycles. The summed E-state index contributed by atoms with van der Waals surface area (Å²) in [5.41, 5.74) is 2.50. The fourth-order valence-corrected chi connectivity index (χ4v) is 3.77. The number of aromatic nitrogens is 2. The van der Waals surface area contributed by atoms with Crippen molar-refractivity contribution < 1.29 is 14.3 Å². The van der Waals surface area contributed by atoms with E-state index >= 15 is 0 Å². The molecular weight excluding hydrogens is 330 g/mol. The monoisotopic (exact) mass is 353 g/mol. The van der Waals surface area contributed by atoms with Crippen molar-refractivity contribution >= 4 is 5.91 Å². The van der Waals surface area contributed by atoms with Crippen LogP contribution in [0.25, 0.3) is 0 Å². The molecule has 0 unspecified atom stereocenters. The molecule has 2 fully saturated rings. The van der Waals surface area contributed by atoms with E-state index in [1.165, 1.54) is 0 Å². The standard InChI is InChI=1S/C20H23N3O3/c1-15-8-17(10-22-9-15)19(24)23-13-20(14-23)18(4-7-26-20)12-25-11-16-2-5-21-6-3-16/h2-3,5-6,8-10,18H,4,7,11-14H2,1H3/t18-/m1/s1. The van der Waals surface area contributed by atoms with Crippen LogP contribution in [0.1, 0.15) is 27.9 Å². The minimum atomic E-state index is -0.245. The van der Waals surface area contributed by atoms with E-state index in [2.05, 4.69) is 9.97 Å². The van der Waals surface area contributed by atoms with E-state index in [1.807, 2.05) is 30.0 Å². The summed E-state index contributed by atoms with van der Waals surface area (Å²) in [6, 6.07) is 5.80. The van der Waals surface area contributed by atoms with Crippen molar-refractivity contribution in [1.82, 2.24) is 14.9 Å². The Morgan fingerprint density at radius 3 is 2.88 bits per heavy atom. The number of nitrogens with zero attached hydrogens (tertiary/aromatic N) is 3. The summed E-state index contributed by atoms with van der Waals surface area (Å²) in [7, 11) is 0. The molecule has 0 aromatic carbocycles. The second-order valence-electron chi connectivity index (χ2n) is 7.18. The van der Waals surface area contributed by atoms with Crippen LogP contribution in [0.4, 0.5) is 0 Å². The molecule has 0 saturated carbocycles. The summed E-state index contributed by atoms with van der Waals surface area (Å²) < 4.78 is 11.9. The lowest BCUT2D eigenvalue weighted by Crippen LogP contribution is -2.66. The van der Waals surface area contributed by atoms with Crippen LogP contribution < -0.4 is 0 Å². The van der Waals surface area contributed by atoms with E-state index in [-0.39, 0.29) is 11.5 Å². The topological polar surface area (TPSA) is 64.6 Å². The molecule has 1 spiro atoms. The summed E-state index contributed by atoms with van der Waals surface area (Å²) in [6.07, 6.45) is 7.91. The van der Waals surface area contributed by atoms with Crippen molar-refractivity contribution in [2.75, 3.05) is 26.3 Å². The molecule has 2 saturated heterocycles. The molecule has 26 heavy (non-hydrogen) atoms. The molecule has 1 atom stereocenters. The van der Waals surface area contributed by atoms with Gasteiger partial charge in [-0.3, -0.25) is 14.8 Å². The lowest BCUT2D eigenvalue weighted by molar-refractivity contribution is -0.129. The van der Waals surface area contributed by atoms with Crippen LogP contribution in [0.2, 0.25) is 0 Å². The van der Waals surface area contributed by atoms with E-state index in [9.17, 15) is 4.79 Å². The number of pyridine rings is 2. The van der Waals surface area contributed by atoms with Gasteiger partial charge in [-0.15, -0.1) is 0 Å². The van der Waals surface area contributed by atoms with E-state index in [0.717, 1.165) is 24.2 Å². The van der Waals surface area contributed by atoms with Crippen molar-refractivity contribution in [3.05, 3.63) is 59.7 Å². The van der Waals surface area contributed by atoms with Gasteiger partial charge in [-0.05, 0) is 42.7 Å². The Morgan fingerprint density at radius 2 is 2.12 bits per heavy atom. The first-order valence-electron chi connectivity index (χ1n) is 8.98. The first-order chi connectivity index (χ1) is 12.7. The second kappa shape index (κ2) is 7.13. The number of ether oxygens (including phenoxy) is 2. The SMILES string of the molecule is Cc1cncc(C(=O)N2CC3(C2)OCC[C@@H]3COCc2ccncc2)c1. The zero-order valence-corrected chi connectivity index (χ0v) is 14.9. The van der Waals surface area contributed by atoms with Crippen molar-refractivity contribution in [3.63, 3.8) is 0 Å². The fraction of sp³-hybridized carbons (Fsp3) is 0.450. The first-order valence-corrected chi connectivity index (χ1v) is 8.98. The van der Waals surface area contributed by atoms with Crippen LogP contribution in [-0.4, -0.2) is 52.7 Å². The number of hydrogen-bond donors (Lipinski definition) is 0. The summed E-state index contributed by atoms with van der Waals surface area (Å²) in [5, 5.41) is 0. The minimum absolute atomic E-state index is 0.0266. The third kappa shape index (κ3) is 3.34. The molecule has 0 aliphatic carbocycles. The van der Waals surface area contributed by atoms with Crippen molar-refractivity contribution in [3.8, 4) is 0 Å². The van der Waals surface area contributed by atoms with Gasteiger partial charge in [0.05, 0.1) is 31.9 Å². The summed E-state index contributed by atoms with van der Waals surface area (Å²) in [4.78, 5) is 22.6. The maximum Gasteiger partial charge on any atom is 0.255 e. The maximum atomic E-state index is 12.6. The highest BCUT2D eigenvalue weighted by Gasteiger charge is 2.54. The molecule has 1 amide bonds. The number of carbonyl (C=O) groups excluding carboxylic acids is 1. The number of aryl methyl sites for hydroxylation is 1. The third-order valence-electron chi connectivity index (χ3n) is 5.26. The molecule has 2 aromatic heterocycles. The average molecular weight is 353 g/mol. The van der Waals surface area contributed by atoms with Crippen LogP contribution in [-0.2, 0) is 16.1 Å². The molecular formula is C20H23N3O3. The van der Waals surface area contributed by atoms with Gasteiger partial charge in [0.15, 0.2) is 0 Å². The van der Waals surface area contributed by atoms with Gasteiger partial charge in [-0.1, -0.05) is 0 Å². The van der Waals surface area contributed by atoms with E-state index in [1.54, 1.807) is 24.8 Å². The molecule has 6 nitrogen and oxygen atoms in total. The van der Waals surface area contributed by atoms with Gasteiger partial charge >= 0.3 is 0 Å². The van der Waals surface area contributed by atoms with E-state index in [0.29, 0.717) is 37.8 Å². The Hall–Kier alpha value is -2.31. The highest BCUT2D eigenvalue weighted by molar-refractivity contribution is 5.94. The molecule has 2 aliphatic heterocycles. The minimum Gasteiger partial charge on any atom is -0.376 e. The highest BCUT2D eigenvalue weighted by Crippen LogP contribution is 2.40. The van der Waals surface area contributed by atoms with Gasteiger partial charge in [0, 0.05) is 37.3 Å². The maximum absolute atomic E-state index is 12.6. The lowest BCUT2D eigenvalue weighted by atomic mass is 9.81. The zero-order chi connectivity index (χ0) is 18.0. The third-order valence-corrected chi connectivity index (χ3v) is 5.26. The van der Waals surface area contributed by atoms with Crippen molar-refractivity contribution in [2.24, 2.45) is 5.92 Å². The summed E-state index contributed by atoms with van der Waals surface area (Å²) in [5.74, 6) is 0.350. The predicted molar refractivity (Wildman–Crippen MR) is 95.6 cm³/mol. The lowest BCUT2D eigenvalue weighted by Gasteiger charge is -2.50. The number of likely N-dealkylation sites (tertiary alicyclic amines) is 1. The van der Waals surface area contributed by atoms with Gasteiger partial charge < -0.3 is 14.4 Å². The number of carbonyl (C=O) groups is 1. The highest BCUT2D eigenvalue weighted by atomic mass is 16.5. The quantitative estimate of drug-likeness (QED) is 0.825. The summed E-state index contributed by atoms with van der Waals surface area (Å²) >= 11 is 0. The molecule has 136 valence electrons. The van der Waals surface area contributed by atoms with Crippen LogP contribution in [0.3, 0.4) is 0 Å². The normalized spacial score (nSPS) is 21.0. The van der Waals surface area contributed by atoms with Gasteiger partial charge in [0.2, 0.25) is 0 Å².